The summed E-state index contributed by atoms with van der Waals surface area (Å²) in [6.45, 7) is 0.629. The van der Waals surface area contributed by atoms with Gasteiger partial charge in [0.15, 0.2) is 12.4 Å². The number of benzene rings is 2. The molecular weight excluding hydrogens is 365 g/mol. The zero-order chi connectivity index (χ0) is 20.2. The van der Waals surface area contributed by atoms with Crippen LogP contribution in [0.25, 0.3) is 0 Å². The van der Waals surface area contributed by atoms with Crippen molar-refractivity contribution >= 4 is 29.0 Å². The molecule has 0 aliphatic rings. The van der Waals surface area contributed by atoms with E-state index in [1.807, 2.05) is 0 Å². The number of esters is 1. The van der Waals surface area contributed by atoms with Crippen LogP contribution in [0.15, 0.2) is 42.5 Å². The minimum Gasteiger partial charge on any atom is -0.452 e. The van der Waals surface area contributed by atoms with Crippen molar-refractivity contribution in [3.05, 3.63) is 59.2 Å². The molecule has 1 amide bonds. The molecule has 0 aromatic heterocycles. The van der Waals surface area contributed by atoms with Crippen molar-refractivity contribution in [1.82, 2.24) is 0 Å². The van der Waals surface area contributed by atoms with Crippen LogP contribution in [0.3, 0.4) is 0 Å². The lowest BCUT2D eigenvalue weighted by Gasteiger charge is -2.11. The third-order valence-electron chi connectivity index (χ3n) is 3.51. The molecule has 27 heavy (non-hydrogen) atoms. The van der Waals surface area contributed by atoms with Gasteiger partial charge in [-0.2, -0.15) is 13.2 Å². The van der Waals surface area contributed by atoms with Crippen molar-refractivity contribution in [2.45, 2.75) is 13.1 Å². The van der Waals surface area contributed by atoms with Crippen molar-refractivity contribution in [2.24, 2.45) is 0 Å². The van der Waals surface area contributed by atoms with Crippen molar-refractivity contribution in [3.63, 3.8) is 0 Å². The molecule has 0 aliphatic heterocycles. The smallest absolute Gasteiger partial charge is 0.416 e. The Kier molecular flexibility index (Phi) is 5.84. The van der Waals surface area contributed by atoms with E-state index < -0.39 is 35.9 Å². The van der Waals surface area contributed by atoms with E-state index in [-0.39, 0.29) is 22.6 Å². The molecule has 3 N–H and O–H groups in total. The Bertz CT molecular complexity index is 894. The number of ether oxygens (including phenoxy) is 1. The predicted molar refractivity (Wildman–Crippen MR) is 91.2 cm³/mol. The number of Topliss-reactive ketones (excluding diaryl/α,β-unsaturated/α-hetero) is 1. The number of alkyl halides is 3. The van der Waals surface area contributed by atoms with Gasteiger partial charge in [0.05, 0.1) is 16.8 Å². The standard InChI is InChI=1S/C18H15F3N2O4/c1-10(24)12-4-2-3-5-15(12)23-16(25)9-27-17(26)13-7-6-11(8-14(13)22)18(19,20)21/h2-8H,9,22H2,1H3,(H,23,25). The minimum absolute atomic E-state index is 0.250. The first-order valence-electron chi connectivity index (χ1n) is 7.63. The Hall–Kier alpha value is -3.36. The van der Waals surface area contributed by atoms with Gasteiger partial charge >= 0.3 is 12.1 Å². The summed E-state index contributed by atoms with van der Waals surface area (Å²) in [6.07, 6.45) is -4.60. The molecule has 0 spiro atoms. The first-order chi connectivity index (χ1) is 12.6. The molecule has 0 heterocycles. The second-order valence-electron chi connectivity index (χ2n) is 5.53. The number of carbonyl (C=O) groups is 3. The molecule has 0 radical (unpaired) electrons. The van der Waals surface area contributed by atoms with Gasteiger partial charge in [-0.05, 0) is 37.3 Å². The van der Waals surface area contributed by atoms with Gasteiger partial charge < -0.3 is 15.8 Å². The maximum Gasteiger partial charge on any atom is 0.416 e. The summed E-state index contributed by atoms with van der Waals surface area (Å²) in [5.74, 6) is -2.03. The first-order valence-corrected chi connectivity index (χ1v) is 7.63. The normalized spacial score (nSPS) is 11.0. The van der Waals surface area contributed by atoms with E-state index in [0.717, 1.165) is 6.07 Å². The third kappa shape index (κ3) is 5.06. The molecule has 6 nitrogen and oxygen atoms in total. The van der Waals surface area contributed by atoms with E-state index in [9.17, 15) is 27.6 Å². The highest BCUT2D eigenvalue weighted by atomic mass is 19.4. The molecule has 0 saturated carbocycles. The lowest BCUT2D eigenvalue weighted by atomic mass is 10.1. The molecule has 9 heteroatoms. The second-order valence-corrected chi connectivity index (χ2v) is 5.53. The molecule has 0 atom stereocenters. The fourth-order valence-electron chi connectivity index (χ4n) is 2.22. The van der Waals surface area contributed by atoms with Crippen LogP contribution in [0.2, 0.25) is 0 Å². The Labute approximate surface area is 152 Å². The van der Waals surface area contributed by atoms with Gasteiger partial charge in [-0.1, -0.05) is 12.1 Å². The van der Waals surface area contributed by atoms with Crippen LogP contribution in [-0.2, 0) is 15.7 Å². The largest absolute Gasteiger partial charge is 0.452 e. The number of hydrogen-bond acceptors (Lipinski definition) is 5. The van der Waals surface area contributed by atoms with E-state index in [2.05, 4.69) is 5.32 Å². The fraction of sp³-hybridized carbons (Fsp3) is 0.167. The van der Waals surface area contributed by atoms with E-state index in [1.54, 1.807) is 12.1 Å². The van der Waals surface area contributed by atoms with Crippen molar-refractivity contribution in [3.8, 4) is 0 Å². The lowest BCUT2D eigenvalue weighted by Crippen LogP contribution is -2.22. The summed E-state index contributed by atoms with van der Waals surface area (Å²) < 4.78 is 42.6. The van der Waals surface area contributed by atoms with Crippen molar-refractivity contribution in [2.75, 3.05) is 17.7 Å². The van der Waals surface area contributed by atoms with Crippen LogP contribution in [0, 0.1) is 0 Å². The van der Waals surface area contributed by atoms with Crippen molar-refractivity contribution < 1.29 is 32.3 Å². The average Bonchev–Trinajstić information content (AvgIpc) is 2.59. The Morgan fingerprint density at radius 3 is 2.33 bits per heavy atom. The monoisotopic (exact) mass is 380 g/mol. The van der Waals surface area contributed by atoms with E-state index in [0.29, 0.717) is 12.1 Å². The highest BCUT2D eigenvalue weighted by Gasteiger charge is 2.31. The zero-order valence-corrected chi connectivity index (χ0v) is 14.1. The molecule has 0 unspecified atom stereocenters. The number of hydrogen-bond donors (Lipinski definition) is 2. The number of carbonyl (C=O) groups excluding carboxylic acids is 3. The molecule has 0 fully saturated rings. The van der Waals surface area contributed by atoms with Gasteiger partial charge in [0.1, 0.15) is 0 Å². The Morgan fingerprint density at radius 1 is 1.07 bits per heavy atom. The van der Waals surface area contributed by atoms with Gasteiger partial charge in [-0.3, -0.25) is 9.59 Å². The Balaban J connectivity index is 2.02. The summed E-state index contributed by atoms with van der Waals surface area (Å²) >= 11 is 0. The summed E-state index contributed by atoms with van der Waals surface area (Å²) in [5, 5.41) is 2.43. The third-order valence-corrected chi connectivity index (χ3v) is 3.51. The van der Waals surface area contributed by atoms with Gasteiger partial charge in [-0.15, -0.1) is 0 Å². The number of halogens is 3. The van der Waals surface area contributed by atoms with Crippen LogP contribution in [0.5, 0.6) is 0 Å². The number of para-hydroxylation sites is 1. The predicted octanol–water partition coefficient (Wildman–Crippen LogP) is 3.29. The number of amides is 1. The van der Waals surface area contributed by atoms with Gasteiger partial charge in [0.25, 0.3) is 5.91 Å². The number of nitrogen functional groups attached to an aromatic ring is 1. The number of nitrogens with two attached hydrogens (primary N) is 1. The van der Waals surface area contributed by atoms with E-state index in [1.165, 1.54) is 19.1 Å². The minimum atomic E-state index is -4.60. The molecule has 2 aromatic rings. The molecule has 0 bridgehead atoms. The van der Waals surface area contributed by atoms with Crippen LogP contribution >= 0.6 is 0 Å². The van der Waals surface area contributed by atoms with E-state index >= 15 is 0 Å². The van der Waals surface area contributed by atoms with Gasteiger partial charge in [0.2, 0.25) is 0 Å². The van der Waals surface area contributed by atoms with Gasteiger partial charge in [-0.25, -0.2) is 4.79 Å². The molecule has 0 aliphatic carbocycles. The zero-order valence-electron chi connectivity index (χ0n) is 14.1. The fourth-order valence-corrected chi connectivity index (χ4v) is 2.22. The number of rotatable bonds is 5. The summed E-state index contributed by atoms with van der Waals surface area (Å²) in [5.41, 5.74) is 4.28. The van der Waals surface area contributed by atoms with Gasteiger partial charge in [0, 0.05) is 11.3 Å². The number of nitrogens with one attached hydrogen (secondary N) is 1. The van der Waals surface area contributed by atoms with Crippen LogP contribution in [0.4, 0.5) is 24.5 Å². The number of ketones is 1. The maximum absolute atomic E-state index is 12.6. The summed E-state index contributed by atoms with van der Waals surface area (Å²) in [7, 11) is 0. The SMILES string of the molecule is CC(=O)c1ccccc1NC(=O)COC(=O)c1ccc(C(F)(F)F)cc1N. The van der Waals surface area contributed by atoms with Crippen molar-refractivity contribution in [1.29, 1.82) is 0 Å². The topological polar surface area (TPSA) is 98.5 Å². The molecule has 2 aromatic carbocycles. The van der Waals surface area contributed by atoms with Crippen LogP contribution < -0.4 is 11.1 Å². The summed E-state index contributed by atoms with van der Waals surface area (Å²) in [4.78, 5) is 35.4. The molecule has 142 valence electrons. The highest BCUT2D eigenvalue weighted by Crippen LogP contribution is 2.31. The molecule has 0 saturated heterocycles. The quantitative estimate of drug-likeness (QED) is 0.471. The molecule has 2 rings (SSSR count). The first kappa shape index (κ1) is 20.0. The summed E-state index contributed by atoms with van der Waals surface area (Å²) in [6, 6.07) is 8.44. The second kappa shape index (κ2) is 7.90. The maximum atomic E-state index is 12.6. The lowest BCUT2D eigenvalue weighted by molar-refractivity contribution is -0.137. The van der Waals surface area contributed by atoms with E-state index in [4.69, 9.17) is 10.5 Å². The Morgan fingerprint density at radius 2 is 1.74 bits per heavy atom. The number of anilines is 2. The molecular formula is C18H15F3N2O4. The average molecular weight is 380 g/mol. The van der Waals surface area contributed by atoms with Crippen LogP contribution in [0.1, 0.15) is 33.2 Å². The van der Waals surface area contributed by atoms with Crippen LogP contribution in [-0.4, -0.2) is 24.3 Å². The highest BCUT2D eigenvalue weighted by molar-refractivity contribution is 6.04.